The molecule has 0 aliphatic carbocycles. The molecule has 0 unspecified atom stereocenters. The average molecular weight is 746 g/mol. The Hall–Kier alpha value is -7.69. The summed E-state index contributed by atoms with van der Waals surface area (Å²) >= 11 is 0. The van der Waals surface area contributed by atoms with Crippen molar-refractivity contribution in [2.45, 2.75) is 0 Å². The maximum Gasteiger partial charge on any atom is 0.125 e. The number of nitrogens with zero attached hydrogens (tertiary/aromatic N) is 3. The third-order valence-electron chi connectivity index (χ3n) is 11.3. The SMILES string of the molecule is Fc1cccc(N(c2cccc3c4ccccc4n(-c4cccc(-c5ccccc5)c4)c23)c2cccc3c4ccccc4n(-c4cccc(-c5ccccc5)c4)c23)c1. The first-order valence-corrected chi connectivity index (χ1v) is 19.6. The Labute approximate surface area is 335 Å². The Balaban J connectivity index is 1.24. The number of hydrogen-bond acceptors (Lipinski definition) is 1. The summed E-state index contributed by atoms with van der Waals surface area (Å²) in [4.78, 5) is 2.25. The molecule has 0 saturated carbocycles. The molecule has 0 saturated heterocycles. The highest BCUT2D eigenvalue weighted by molar-refractivity contribution is 6.18. The molecule has 0 radical (unpaired) electrons. The van der Waals surface area contributed by atoms with Gasteiger partial charge < -0.3 is 14.0 Å². The van der Waals surface area contributed by atoms with Crippen LogP contribution in [-0.4, -0.2) is 9.13 Å². The van der Waals surface area contributed by atoms with Crippen molar-refractivity contribution in [3.63, 3.8) is 0 Å². The van der Waals surface area contributed by atoms with Crippen LogP contribution in [0.3, 0.4) is 0 Å². The van der Waals surface area contributed by atoms with Crippen LogP contribution in [0.25, 0.3) is 77.2 Å². The van der Waals surface area contributed by atoms with Gasteiger partial charge in [0.1, 0.15) is 5.82 Å². The van der Waals surface area contributed by atoms with Gasteiger partial charge in [0, 0.05) is 38.6 Å². The van der Waals surface area contributed by atoms with E-state index in [-0.39, 0.29) is 5.82 Å². The van der Waals surface area contributed by atoms with Crippen LogP contribution in [0.2, 0.25) is 0 Å². The highest BCUT2D eigenvalue weighted by Crippen LogP contribution is 2.47. The van der Waals surface area contributed by atoms with Crippen molar-refractivity contribution >= 4 is 60.7 Å². The van der Waals surface area contributed by atoms with E-state index in [1.165, 1.54) is 6.07 Å². The highest BCUT2D eigenvalue weighted by atomic mass is 19.1. The molecule has 0 aliphatic heterocycles. The lowest BCUT2D eigenvalue weighted by Crippen LogP contribution is -2.13. The molecular weight excluding hydrogens is 710 g/mol. The van der Waals surface area contributed by atoms with Gasteiger partial charge in [-0.15, -0.1) is 0 Å². The summed E-state index contributed by atoms with van der Waals surface area (Å²) in [6, 6.07) is 75.7. The fourth-order valence-corrected chi connectivity index (χ4v) is 8.83. The highest BCUT2D eigenvalue weighted by Gasteiger charge is 2.25. The number of halogens is 1. The standard InChI is InChI=1S/C54H36FN3/c55-41-22-13-25-44(36-41)56(51-32-14-28-47-45-26-7-9-30-49(45)57(53(47)51)42-23-11-20-39(34-42)37-16-3-1-4-17-37)52-33-15-29-48-46-27-8-10-31-50(46)58(54(48)52)43-24-12-21-40(35-43)38-18-5-2-6-19-38/h1-36H. The molecule has 0 amide bonds. The normalized spacial score (nSPS) is 11.5. The van der Waals surface area contributed by atoms with E-state index in [9.17, 15) is 0 Å². The van der Waals surface area contributed by atoms with E-state index in [1.54, 1.807) is 12.1 Å². The van der Waals surface area contributed by atoms with Crippen molar-refractivity contribution in [1.82, 2.24) is 9.13 Å². The van der Waals surface area contributed by atoms with E-state index in [0.29, 0.717) is 0 Å². The number of benzene rings is 9. The summed E-state index contributed by atoms with van der Waals surface area (Å²) in [5.74, 6) is -0.297. The van der Waals surface area contributed by atoms with Gasteiger partial charge in [0.05, 0.1) is 33.4 Å². The Kier molecular flexibility index (Phi) is 8.00. The number of rotatable bonds is 7. The number of fused-ring (bicyclic) bond motifs is 6. The van der Waals surface area contributed by atoms with Crippen molar-refractivity contribution in [1.29, 1.82) is 0 Å². The fraction of sp³-hybridized carbons (Fsp3) is 0. The number of para-hydroxylation sites is 4. The van der Waals surface area contributed by atoms with E-state index < -0.39 is 0 Å². The van der Waals surface area contributed by atoms with Gasteiger partial charge in [0.25, 0.3) is 0 Å². The third kappa shape index (κ3) is 5.49. The third-order valence-corrected chi connectivity index (χ3v) is 11.3. The molecule has 0 atom stereocenters. The molecule has 274 valence electrons. The molecule has 9 aromatic carbocycles. The Morgan fingerprint density at radius 1 is 0.328 bits per heavy atom. The quantitative estimate of drug-likeness (QED) is 0.158. The first kappa shape index (κ1) is 33.6. The molecule has 0 aliphatic rings. The second kappa shape index (κ2) is 13.8. The summed E-state index contributed by atoms with van der Waals surface area (Å²) in [5, 5.41) is 4.52. The zero-order chi connectivity index (χ0) is 38.6. The minimum Gasteiger partial charge on any atom is -0.307 e. The molecule has 11 aromatic rings. The van der Waals surface area contributed by atoms with E-state index in [1.807, 2.05) is 18.2 Å². The van der Waals surface area contributed by atoms with Crippen molar-refractivity contribution in [3.05, 3.63) is 224 Å². The molecular formula is C54H36FN3. The molecule has 0 fully saturated rings. The lowest BCUT2D eigenvalue weighted by molar-refractivity contribution is 0.628. The topological polar surface area (TPSA) is 13.1 Å². The molecule has 11 rings (SSSR count). The van der Waals surface area contributed by atoms with Gasteiger partial charge in [-0.25, -0.2) is 4.39 Å². The second-order valence-corrected chi connectivity index (χ2v) is 14.7. The smallest absolute Gasteiger partial charge is 0.125 e. The van der Waals surface area contributed by atoms with Crippen molar-refractivity contribution in [3.8, 4) is 33.6 Å². The van der Waals surface area contributed by atoms with Crippen molar-refractivity contribution in [2.75, 3.05) is 4.90 Å². The van der Waals surface area contributed by atoms with E-state index >= 15 is 4.39 Å². The monoisotopic (exact) mass is 745 g/mol. The lowest BCUT2D eigenvalue weighted by Gasteiger charge is -2.28. The minimum absolute atomic E-state index is 0.297. The summed E-state index contributed by atoms with van der Waals surface area (Å²) in [6.07, 6.45) is 0. The molecule has 0 spiro atoms. The van der Waals surface area contributed by atoms with E-state index in [4.69, 9.17) is 0 Å². The second-order valence-electron chi connectivity index (χ2n) is 14.7. The molecule has 3 nitrogen and oxygen atoms in total. The fourth-order valence-electron chi connectivity index (χ4n) is 8.83. The van der Waals surface area contributed by atoms with Crippen LogP contribution in [0.5, 0.6) is 0 Å². The van der Waals surface area contributed by atoms with Crippen molar-refractivity contribution in [2.24, 2.45) is 0 Å². The van der Waals surface area contributed by atoms with Crippen LogP contribution in [0, 0.1) is 5.82 Å². The van der Waals surface area contributed by atoms with Crippen LogP contribution in [0.15, 0.2) is 218 Å². The Bertz CT molecular complexity index is 3100. The van der Waals surface area contributed by atoms with Crippen LogP contribution in [0.1, 0.15) is 0 Å². The molecule has 2 aromatic heterocycles. The van der Waals surface area contributed by atoms with Crippen LogP contribution in [-0.2, 0) is 0 Å². The van der Waals surface area contributed by atoms with Crippen LogP contribution < -0.4 is 4.90 Å². The van der Waals surface area contributed by atoms with Crippen molar-refractivity contribution < 1.29 is 4.39 Å². The molecule has 0 N–H and O–H groups in total. The summed E-state index contributed by atoms with van der Waals surface area (Å²) in [5.41, 5.74) is 13.5. The van der Waals surface area contributed by atoms with E-state index in [0.717, 1.165) is 94.3 Å². The predicted octanol–water partition coefficient (Wildman–Crippen LogP) is 14.8. The number of aromatic nitrogens is 2. The van der Waals surface area contributed by atoms with E-state index in [2.05, 4.69) is 196 Å². The van der Waals surface area contributed by atoms with Gasteiger partial charge in [-0.3, -0.25) is 0 Å². The lowest BCUT2D eigenvalue weighted by atomic mass is 10.0. The maximum absolute atomic E-state index is 15.6. The minimum atomic E-state index is -0.297. The number of anilines is 3. The van der Waals surface area contributed by atoms with Gasteiger partial charge in [-0.05, 0) is 89.0 Å². The Morgan fingerprint density at radius 3 is 1.24 bits per heavy atom. The maximum atomic E-state index is 15.6. The van der Waals surface area contributed by atoms with Gasteiger partial charge >= 0.3 is 0 Å². The molecule has 0 bridgehead atoms. The van der Waals surface area contributed by atoms with Gasteiger partial charge in [-0.2, -0.15) is 0 Å². The zero-order valence-electron chi connectivity index (χ0n) is 31.5. The van der Waals surface area contributed by atoms with Crippen LogP contribution >= 0.6 is 0 Å². The van der Waals surface area contributed by atoms with Gasteiger partial charge in [-0.1, -0.05) is 152 Å². The molecule has 58 heavy (non-hydrogen) atoms. The predicted molar refractivity (Wildman–Crippen MR) is 241 cm³/mol. The average Bonchev–Trinajstić information content (AvgIpc) is 3.81. The first-order chi connectivity index (χ1) is 28.7. The van der Waals surface area contributed by atoms with Gasteiger partial charge in [0.15, 0.2) is 0 Å². The molecule has 2 heterocycles. The summed E-state index contributed by atoms with van der Waals surface area (Å²) in [7, 11) is 0. The zero-order valence-corrected chi connectivity index (χ0v) is 31.5. The largest absolute Gasteiger partial charge is 0.307 e. The Morgan fingerprint density at radius 2 is 0.741 bits per heavy atom. The number of hydrogen-bond donors (Lipinski definition) is 0. The first-order valence-electron chi connectivity index (χ1n) is 19.6. The molecule has 4 heteroatoms. The summed E-state index contributed by atoms with van der Waals surface area (Å²) < 4.78 is 20.3. The van der Waals surface area contributed by atoms with Crippen LogP contribution in [0.4, 0.5) is 21.5 Å². The summed E-state index contributed by atoms with van der Waals surface area (Å²) in [6.45, 7) is 0. The van der Waals surface area contributed by atoms with Gasteiger partial charge in [0.2, 0.25) is 0 Å².